The van der Waals surface area contributed by atoms with Crippen molar-refractivity contribution in [2.45, 2.75) is 39.0 Å². The van der Waals surface area contributed by atoms with E-state index < -0.39 is 30.1 Å². The van der Waals surface area contributed by atoms with Crippen LogP contribution in [0.5, 0.6) is 0 Å². The molecule has 0 aromatic heterocycles. The van der Waals surface area contributed by atoms with E-state index in [0.717, 1.165) is 0 Å². The minimum atomic E-state index is -1.11. The summed E-state index contributed by atoms with van der Waals surface area (Å²) in [5.41, 5.74) is 5.35. The zero-order chi connectivity index (χ0) is 12.2. The standard InChI is InChI=1S/C9H18N2O4/c1-4(2)7(9(14)15)11-8(13)6(10)5(3)12/h4-7,12H,10H2,1-3H3,(H,11,13)(H,14,15)/t5-,6-,7-/m0/s1. The third-order valence-corrected chi connectivity index (χ3v) is 2.05. The van der Waals surface area contributed by atoms with Crippen molar-refractivity contribution in [3.8, 4) is 0 Å². The Balaban J connectivity index is 4.43. The molecule has 88 valence electrons. The molecule has 3 atom stereocenters. The molecule has 0 aliphatic rings. The summed E-state index contributed by atoms with van der Waals surface area (Å²) in [5.74, 6) is -2.02. The van der Waals surface area contributed by atoms with Gasteiger partial charge >= 0.3 is 5.97 Å². The number of rotatable bonds is 5. The molecular weight excluding hydrogens is 200 g/mol. The first-order valence-corrected chi connectivity index (χ1v) is 4.74. The molecule has 0 radical (unpaired) electrons. The number of hydrogen-bond acceptors (Lipinski definition) is 4. The van der Waals surface area contributed by atoms with Crippen LogP contribution in [0.2, 0.25) is 0 Å². The van der Waals surface area contributed by atoms with Crippen LogP contribution in [0.3, 0.4) is 0 Å². The van der Waals surface area contributed by atoms with Crippen molar-refractivity contribution in [2.24, 2.45) is 11.7 Å². The number of aliphatic hydroxyl groups is 1. The molecule has 0 unspecified atom stereocenters. The number of amides is 1. The van der Waals surface area contributed by atoms with E-state index in [9.17, 15) is 9.59 Å². The fraction of sp³-hybridized carbons (Fsp3) is 0.778. The van der Waals surface area contributed by atoms with Gasteiger partial charge in [-0.15, -0.1) is 0 Å². The highest BCUT2D eigenvalue weighted by atomic mass is 16.4. The van der Waals surface area contributed by atoms with Crippen molar-refractivity contribution in [3.63, 3.8) is 0 Å². The monoisotopic (exact) mass is 218 g/mol. The predicted octanol–water partition coefficient (Wildman–Crippen LogP) is -1.08. The second-order valence-corrected chi connectivity index (χ2v) is 3.83. The zero-order valence-electron chi connectivity index (χ0n) is 9.10. The summed E-state index contributed by atoms with van der Waals surface area (Å²) in [6, 6.07) is -2.09. The average molecular weight is 218 g/mol. The van der Waals surface area contributed by atoms with Crippen molar-refractivity contribution in [3.05, 3.63) is 0 Å². The number of carbonyl (C=O) groups excluding carboxylic acids is 1. The van der Waals surface area contributed by atoms with E-state index in [0.29, 0.717) is 0 Å². The van der Waals surface area contributed by atoms with Crippen LogP contribution < -0.4 is 11.1 Å². The molecule has 0 saturated heterocycles. The van der Waals surface area contributed by atoms with Crippen molar-refractivity contribution in [1.82, 2.24) is 5.32 Å². The highest BCUT2D eigenvalue weighted by Crippen LogP contribution is 2.02. The molecule has 15 heavy (non-hydrogen) atoms. The van der Waals surface area contributed by atoms with Gasteiger partial charge in [0.25, 0.3) is 0 Å². The van der Waals surface area contributed by atoms with Crippen LogP contribution in [-0.4, -0.2) is 40.3 Å². The van der Waals surface area contributed by atoms with E-state index in [-0.39, 0.29) is 5.92 Å². The summed E-state index contributed by atoms with van der Waals surface area (Å²) in [7, 11) is 0. The van der Waals surface area contributed by atoms with E-state index in [2.05, 4.69) is 5.32 Å². The number of carboxylic acids is 1. The molecule has 0 spiro atoms. The molecule has 5 N–H and O–H groups in total. The third kappa shape index (κ3) is 4.26. The van der Waals surface area contributed by atoms with Crippen LogP contribution in [0.4, 0.5) is 0 Å². The van der Waals surface area contributed by atoms with E-state index in [1.807, 2.05) is 0 Å². The fourth-order valence-corrected chi connectivity index (χ4v) is 0.982. The van der Waals surface area contributed by atoms with Crippen molar-refractivity contribution in [1.29, 1.82) is 0 Å². The van der Waals surface area contributed by atoms with Gasteiger partial charge in [-0.1, -0.05) is 13.8 Å². The summed E-state index contributed by atoms with van der Waals surface area (Å²) in [6.07, 6.45) is -1.01. The molecular formula is C9H18N2O4. The molecule has 6 nitrogen and oxygen atoms in total. The average Bonchev–Trinajstić information content (AvgIpc) is 2.11. The number of nitrogens with one attached hydrogen (secondary N) is 1. The van der Waals surface area contributed by atoms with Gasteiger partial charge in [0.05, 0.1) is 6.10 Å². The lowest BCUT2D eigenvalue weighted by Gasteiger charge is -2.21. The van der Waals surface area contributed by atoms with Crippen LogP contribution in [-0.2, 0) is 9.59 Å². The Morgan fingerprint density at radius 3 is 2.00 bits per heavy atom. The van der Waals surface area contributed by atoms with Gasteiger partial charge < -0.3 is 21.3 Å². The van der Waals surface area contributed by atoms with Gasteiger partial charge in [0.2, 0.25) is 5.91 Å². The van der Waals surface area contributed by atoms with Gasteiger partial charge in [0.15, 0.2) is 0 Å². The Kier molecular flexibility index (Phi) is 5.24. The quantitative estimate of drug-likeness (QED) is 0.469. The van der Waals surface area contributed by atoms with Crippen molar-refractivity contribution < 1.29 is 19.8 Å². The second kappa shape index (κ2) is 5.67. The normalized spacial score (nSPS) is 16.9. The minimum Gasteiger partial charge on any atom is -0.480 e. The molecule has 0 heterocycles. The Hall–Kier alpha value is -1.14. The maximum absolute atomic E-state index is 11.3. The molecule has 0 aromatic rings. The molecule has 0 aliphatic heterocycles. The molecule has 0 aromatic carbocycles. The Bertz CT molecular complexity index is 240. The molecule has 0 bridgehead atoms. The Morgan fingerprint density at radius 1 is 1.27 bits per heavy atom. The lowest BCUT2D eigenvalue weighted by molar-refractivity contribution is -0.143. The molecule has 6 heteroatoms. The maximum atomic E-state index is 11.3. The summed E-state index contributed by atoms with van der Waals surface area (Å²) in [5, 5.41) is 20.1. The van der Waals surface area contributed by atoms with Crippen LogP contribution in [0, 0.1) is 5.92 Å². The molecule has 1 amide bonds. The maximum Gasteiger partial charge on any atom is 0.326 e. The number of hydrogen-bond donors (Lipinski definition) is 4. The number of nitrogens with two attached hydrogens (primary N) is 1. The fourth-order valence-electron chi connectivity index (χ4n) is 0.982. The topological polar surface area (TPSA) is 113 Å². The molecule has 0 aliphatic carbocycles. The number of aliphatic carboxylic acids is 1. The van der Waals surface area contributed by atoms with E-state index in [1.54, 1.807) is 13.8 Å². The van der Waals surface area contributed by atoms with Crippen molar-refractivity contribution in [2.75, 3.05) is 0 Å². The van der Waals surface area contributed by atoms with Crippen LogP contribution in [0.1, 0.15) is 20.8 Å². The van der Waals surface area contributed by atoms with Gasteiger partial charge in [-0.2, -0.15) is 0 Å². The number of aliphatic hydroxyl groups excluding tert-OH is 1. The highest BCUT2D eigenvalue weighted by Gasteiger charge is 2.27. The van der Waals surface area contributed by atoms with E-state index in [1.165, 1.54) is 6.92 Å². The van der Waals surface area contributed by atoms with Gasteiger partial charge in [-0.3, -0.25) is 4.79 Å². The van der Waals surface area contributed by atoms with Gasteiger partial charge in [-0.05, 0) is 12.8 Å². The SMILES string of the molecule is CC(C)[C@H](NC(=O)[C@@H](N)[C@H](C)O)C(=O)O. The van der Waals surface area contributed by atoms with E-state index >= 15 is 0 Å². The van der Waals surface area contributed by atoms with Crippen molar-refractivity contribution >= 4 is 11.9 Å². The Labute approximate surface area is 88.5 Å². The first kappa shape index (κ1) is 13.9. The van der Waals surface area contributed by atoms with Crippen LogP contribution in [0.15, 0.2) is 0 Å². The van der Waals surface area contributed by atoms with Gasteiger partial charge in [0.1, 0.15) is 12.1 Å². The lowest BCUT2D eigenvalue weighted by atomic mass is 10.0. The molecule has 0 saturated carbocycles. The van der Waals surface area contributed by atoms with E-state index in [4.69, 9.17) is 15.9 Å². The highest BCUT2D eigenvalue weighted by molar-refractivity contribution is 5.87. The largest absolute Gasteiger partial charge is 0.480 e. The first-order valence-electron chi connectivity index (χ1n) is 4.74. The Morgan fingerprint density at radius 2 is 1.73 bits per heavy atom. The van der Waals surface area contributed by atoms with Crippen LogP contribution >= 0.6 is 0 Å². The summed E-state index contributed by atoms with van der Waals surface area (Å²) >= 11 is 0. The lowest BCUT2D eigenvalue weighted by Crippen LogP contribution is -2.53. The zero-order valence-corrected chi connectivity index (χ0v) is 9.10. The third-order valence-electron chi connectivity index (χ3n) is 2.05. The smallest absolute Gasteiger partial charge is 0.326 e. The summed E-state index contributed by atoms with van der Waals surface area (Å²) in [6.45, 7) is 4.72. The van der Waals surface area contributed by atoms with Crippen LogP contribution in [0.25, 0.3) is 0 Å². The van der Waals surface area contributed by atoms with Gasteiger partial charge in [0, 0.05) is 0 Å². The second-order valence-electron chi connectivity index (χ2n) is 3.83. The summed E-state index contributed by atoms with van der Waals surface area (Å²) in [4.78, 5) is 22.1. The first-order chi connectivity index (χ1) is 6.77. The molecule has 0 fully saturated rings. The molecule has 0 rings (SSSR count). The minimum absolute atomic E-state index is 0.243. The van der Waals surface area contributed by atoms with Gasteiger partial charge in [-0.25, -0.2) is 4.79 Å². The number of carboxylic acid groups (broad SMARTS) is 1. The number of carbonyl (C=O) groups is 2. The predicted molar refractivity (Wildman–Crippen MR) is 54.1 cm³/mol. The summed E-state index contributed by atoms with van der Waals surface area (Å²) < 4.78 is 0.